The van der Waals surface area contributed by atoms with Crippen LogP contribution in [-0.2, 0) is 9.72 Å². The fraction of sp³-hybridized carbons (Fsp3) is 0. The van der Waals surface area contributed by atoms with E-state index in [-0.39, 0.29) is 9.72 Å². The molecule has 3 rings (SSSR count). The zero-order valence-electron chi connectivity index (χ0n) is 9.61. The summed E-state index contributed by atoms with van der Waals surface area (Å²) < 4.78 is 7.88. The monoisotopic (exact) mass is 272 g/mol. The van der Waals surface area contributed by atoms with E-state index in [0.717, 1.165) is 5.69 Å². The van der Waals surface area contributed by atoms with Gasteiger partial charge in [-0.3, -0.25) is 0 Å². The maximum absolute atomic E-state index is 4.78. The van der Waals surface area contributed by atoms with E-state index in [0.29, 0.717) is 0 Å². The van der Waals surface area contributed by atoms with E-state index in [9.17, 15) is 0 Å². The number of benzene rings is 2. The second-order valence-electron chi connectivity index (χ2n) is 3.75. The summed E-state index contributed by atoms with van der Waals surface area (Å²) in [6.45, 7) is 0. The first-order chi connectivity index (χ1) is 8.93. The van der Waals surface area contributed by atoms with Gasteiger partial charge in [-0.1, -0.05) is 48.5 Å². The smallest absolute Gasteiger partial charge is 0.0795 e. The second kappa shape index (κ2) is 5.42. The Hall–Kier alpha value is -1.52. The van der Waals surface area contributed by atoms with Crippen molar-refractivity contribution in [1.82, 2.24) is 4.72 Å². The minimum atomic E-state index is -0.112. The molecule has 90 valence electrons. The van der Waals surface area contributed by atoms with Crippen molar-refractivity contribution in [2.75, 3.05) is 0 Å². The van der Waals surface area contributed by atoms with Gasteiger partial charge in [0.1, 0.15) is 0 Å². The molecule has 0 aromatic heterocycles. The van der Waals surface area contributed by atoms with Crippen LogP contribution in [0.2, 0.25) is 0 Å². The lowest BCUT2D eigenvalue weighted by Gasteiger charge is -2.05. The summed E-state index contributed by atoms with van der Waals surface area (Å²) in [7, 11) is 1.53. The summed E-state index contributed by atoms with van der Waals surface area (Å²) in [5, 5.41) is 2.09. The average Bonchev–Trinajstić information content (AvgIpc) is 2.93. The Labute approximate surface area is 113 Å². The Balaban J connectivity index is 2.05. The third-order valence-electron chi connectivity index (χ3n) is 2.56. The summed E-state index contributed by atoms with van der Waals surface area (Å²) in [4.78, 5) is 0. The lowest BCUT2D eigenvalue weighted by molar-refractivity contribution is 1.46. The molecule has 2 nitrogen and oxygen atoms in total. The first-order valence-electron chi connectivity index (χ1n) is 5.62. The van der Waals surface area contributed by atoms with E-state index >= 15 is 0 Å². The van der Waals surface area contributed by atoms with Crippen LogP contribution in [0, 0.1) is 0 Å². The Morgan fingerprint density at radius 1 is 0.944 bits per heavy atom. The summed E-state index contributed by atoms with van der Waals surface area (Å²) in [6.07, 6.45) is 1.95. The number of nitrogens with zero attached hydrogens (tertiary/aromatic N) is 1. The number of hydrogen-bond acceptors (Lipinski definition) is 3. The molecule has 0 aliphatic carbocycles. The number of rotatable bonds is 2. The zero-order valence-corrected chi connectivity index (χ0v) is 11.2. The van der Waals surface area contributed by atoms with Crippen molar-refractivity contribution < 1.29 is 0 Å². The molecule has 0 amide bonds. The van der Waals surface area contributed by atoms with Gasteiger partial charge in [0.05, 0.1) is 5.69 Å². The molecule has 0 radical (unpaired) electrons. The van der Waals surface area contributed by atoms with Crippen LogP contribution < -0.4 is 4.72 Å². The highest BCUT2D eigenvalue weighted by Gasteiger charge is 2.05. The SMILES string of the molecule is C1=CS(=Nc2ccccc2-c2ccccc2)SN1. The summed E-state index contributed by atoms with van der Waals surface area (Å²) in [5.41, 5.74) is 3.45. The average molecular weight is 272 g/mol. The minimum absolute atomic E-state index is 0.112. The largest absolute Gasteiger partial charge is 0.326 e. The highest BCUT2D eigenvalue weighted by Crippen LogP contribution is 2.32. The van der Waals surface area contributed by atoms with Gasteiger partial charge in [0.2, 0.25) is 0 Å². The third kappa shape index (κ3) is 2.49. The van der Waals surface area contributed by atoms with Gasteiger partial charge in [-0.15, -0.1) is 0 Å². The Morgan fingerprint density at radius 3 is 2.50 bits per heavy atom. The maximum Gasteiger partial charge on any atom is 0.0795 e. The molecule has 1 aliphatic rings. The van der Waals surface area contributed by atoms with Crippen LogP contribution in [0.5, 0.6) is 0 Å². The quantitative estimate of drug-likeness (QED) is 0.646. The molecule has 0 fully saturated rings. The third-order valence-corrected chi connectivity index (χ3v) is 5.07. The van der Waals surface area contributed by atoms with Crippen LogP contribution in [0.3, 0.4) is 0 Å². The van der Waals surface area contributed by atoms with Gasteiger partial charge in [0.25, 0.3) is 0 Å². The lowest BCUT2D eigenvalue weighted by Crippen LogP contribution is -1.82. The molecule has 0 saturated heterocycles. The van der Waals surface area contributed by atoms with Crippen molar-refractivity contribution in [3.63, 3.8) is 0 Å². The number of nitrogens with one attached hydrogen (secondary N) is 1. The van der Waals surface area contributed by atoms with Gasteiger partial charge in [0.15, 0.2) is 0 Å². The van der Waals surface area contributed by atoms with Gasteiger partial charge < -0.3 is 4.72 Å². The van der Waals surface area contributed by atoms with Crippen molar-refractivity contribution in [3.8, 4) is 11.1 Å². The topological polar surface area (TPSA) is 24.4 Å². The van der Waals surface area contributed by atoms with E-state index in [4.69, 9.17) is 4.36 Å². The van der Waals surface area contributed by atoms with E-state index in [1.54, 1.807) is 11.0 Å². The highest BCUT2D eigenvalue weighted by molar-refractivity contribution is 8.70. The Kier molecular flexibility index (Phi) is 3.48. The molecule has 1 unspecified atom stereocenters. The van der Waals surface area contributed by atoms with E-state index < -0.39 is 0 Å². The van der Waals surface area contributed by atoms with Crippen molar-refractivity contribution >= 4 is 26.4 Å². The highest BCUT2D eigenvalue weighted by atomic mass is 33.1. The fourth-order valence-electron chi connectivity index (χ4n) is 1.75. The van der Waals surface area contributed by atoms with Gasteiger partial charge in [-0.25, -0.2) is 4.36 Å². The standard InChI is InChI=1S/C14H12N2S2/c1-2-6-12(7-3-1)13-8-4-5-9-14(13)16-18-11-10-15-17-18/h1-11,15H. The van der Waals surface area contributed by atoms with Gasteiger partial charge >= 0.3 is 0 Å². The zero-order chi connectivity index (χ0) is 12.2. The molecule has 0 bridgehead atoms. The van der Waals surface area contributed by atoms with E-state index in [1.807, 2.05) is 18.3 Å². The van der Waals surface area contributed by atoms with Crippen LogP contribution >= 0.6 is 11.0 Å². The van der Waals surface area contributed by atoms with Gasteiger partial charge in [-0.2, -0.15) is 0 Å². The van der Waals surface area contributed by atoms with E-state index in [2.05, 4.69) is 52.6 Å². The molecule has 2 aromatic rings. The molecule has 1 atom stereocenters. The molecule has 1 heterocycles. The second-order valence-corrected chi connectivity index (χ2v) is 6.69. The Bertz CT molecular complexity index is 606. The molecular formula is C14H12N2S2. The maximum atomic E-state index is 4.78. The molecule has 0 spiro atoms. The first kappa shape index (κ1) is 11.6. The predicted molar refractivity (Wildman–Crippen MR) is 81.2 cm³/mol. The van der Waals surface area contributed by atoms with Crippen molar-refractivity contribution in [2.24, 2.45) is 4.36 Å². The first-order valence-corrected chi connectivity index (χ1v) is 8.20. The fourth-order valence-corrected chi connectivity index (χ4v) is 3.90. The molecule has 0 saturated carbocycles. The summed E-state index contributed by atoms with van der Waals surface area (Å²) in [5.74, 6) is 0. The molecule has 2 aromatic carbocycles. The minimum Gasteiger partial charge on any atom is -0.326 e. The molecule has 4 heteroatoms. The van der Waals surface area contributed by atoms with Gasteiger partial charge in [-0.05, 0) is 11.6 Å². The summed E-state index contributed by atoms with van der Waals surface area (Å²) >= 11 is 0. The molecule has 1 aliphatic heterocycles. The van der Waals surface area contributed by atoms with E-state index in [1.165, 1.54) is 11.1 Å². The van der Waals surface area contributed by atoms with Crippen LogP contribution in [0.15, 0.2) is 70.6 Å². The van der Waals surface area contributed by atoms with Crippen molar-refractivity contribution in [3.05, 3.63) is 66.2 Å². The normalized spacial score (nSPS) is 17.9. The van der Waals surface area contributed by atoms with Crippen LogP contribution in [0.1, 0.15) is 0 Å². The lowest BCUT2D eigenvalue weighted by atomic mass is 10.0. The van der Waals surface area contributed by atoms with Crippen LogP contribution in [0.25, 0.3) is 11.1 Å². The summed E-state index contributed by atoms with van der Waals surface area (Å²) in [6, 6.07) is 18.7. The Morgan fingerprint density at radius 2 is 1.72 bits per heavy atom. The molecule has 18 heavy (non-hydrogen) atoms. The molecule has 1 N–H and O–H groups in total. The predicted octanol–water partition coefficient (Wildman–Crippen LogP) is 4.42. The number of hydrogen-bond donors (Lipinski definition) is 1. The molecular weight excluding hydrogens is 260 g/mol. The van der Waals surface area contributed by atoms with Crippen LogP contribution in [-0.4, -0.2) is 0 Å². The van der Waals surface area contributed by atoms with Gasteiger partial charge in [0, 0.05) is 37.9 Å². The van der Waals surface area contributed by atoms with Crippen molar-refractivity contribution in [1.29, 1.82) is 0 Å². The van der Waals surface area contributed by atoms with Crippen LogP contribution in [0.4, 0.5) is 5.69 Å². The van der Waals surface area contributed by atoms with Crippen molar-refractivity contribution in [2.45, 2.75) is 0 Å².